The molecule has 27 heavy (non-hydrogen) atoms. The highest BCUT2D eigenvalue weighted by molar-refractivity contribution is 7.89. The van der Waals surface area contributed by atoms with Crippen molar-refractivity contribution in [1.29, 1.82) is 0 Å². The second-order valence-electron chi connectivity index (χ2n) is 5.58. The molecule has 0 unspecified atom stereocenters. The monoisotopic (exact) mass is 399 g/mol. The number of primary sulfonamides is 1. The van der Waals surface area contributed by atoms with Crippen molar-refractivity contribution in [3.05, 3.63) is 77.6 Å². The van der Waals surface area contributed by atoms with Crippen molar-refractivity contribution in [2.75, 3.05) is 0 Å². The molecule has 0 fully saturated rings. The highest BCUT2D eigenvalue weighted by Crippen LogP contribution is 2.39. The zero-order valence-electron chi connectivity index (χ0n) is 13.3. The first-order valence-corrected chi connectivity index (χ1v) is 8.91. The van der Waals surface area contributed by atoms with Crippen molar-refractivity contribution in [1.82, 2.24) is 0 Å². The van der Waals surface area contributed by atoms with E-state index in [1.165, 1.54) is 0 Å². The van der Waals surface area contributed by atoms with E-state index in [4.69, 9.17) is 5.14 Å². The summed E-state index contributed by atoms with van der Waals surface area (Å²) in [5.74, 6) is -8.04. The van der Waals surface area contributed by atoms with Crippen LogP contribution in [-0.2, 0) is 10.0 Å². The molecule has 140 valence electrons. The van der Waals surface area contributed by atoms with Crippen molar-refractivity contribution in [2.24, 2.45) is 5.14 Å². The summed E-state index contributed by atoms with van der Waals surface area (Å²) in [6.45, 7) is 0. The molecule has 3 aromatic rings. The number of halogens is 5. The molecule has 0 aliphatic rings. The first-order chi connectivity index (χ1) is 12.6. The lowest BCUT2D eigenvalue weighted by atomic mass is 9.93. The number of hydrogen-bond acceptors (Lipinski definition) is 2. The Morgan fingerprint density at radius 2 is 0.963 bits per heavy atom. The van der Waals surface area contributed by atoms with Gasteiger partial charge in [-0.3, -0.25) is 0 Å². The minimum Gasteiger partial charge on any atom is -0.225 e. The predicted molar refractivity (Wildman–Crippen MR) is 88.5 cm³/mol. The van der Waals surface area contributed by atoms with Crippen LogP contribution in [0, 0.1) is 29.1 Å². The molecule has 0 heterocycles. The molecule has 0 aliphatic heterocycles. The standard InChI is InChI=1S/C18H10F5NO2S/c19-11-5-1-9(2-6-11)13-14(16(21)18(23)17(22)15(13)20)10-3-7-12(8-4-10)27(24,25)26/h1-8H,(H2,24,25,26). The fourth-order valence-corrected chi connectivity index (χ4v) is 3.12. The fourth-order valence-electron chi connectivity index (χ4n) is 2.60. The van der Waals surface area contributed by atoms with E-state index in [0.717, 1.165) is 48.5 Å². The average Bonchev–Trinajstić information content (AvgIpc) is 2.63. The van der Waals surface area contributed by atoms with E-state index in [9.17, 15) is 30.4 Å². The average molecular weight is 399 g/mol. The van der Waals surface area contributed by atoms with Crippen LogP contribution in [0.2, 0.25) is 0 Å². The summed E-state index contributed by atoms with van der Waals surface area (Å²) in [6.07, 6.45) is 0. The lowest BCUT2D eigenvalue weighted by Crippen LogP contribution is -2.11. The zero-order chi connectivity index (χ0) is 19.9. The van der Waals surface area contributed by atoms with E-state index in [1.807, 2.05) is 0 Å². The molecule has 0 aromatic heterocycles. The summed E-state index contributed by atoms with van der Waals surface area (Å²) in [5, 5.41) is 4.97. The van der Waals surface area contributed by atoms with Gasteiger partial charge in [-0.1, -0.05) is 24.3 Å². The van der Waals surface area contributed by atoms with Crippen molar-refractivity contribution >= 4 is 10.0 Å². The number of rotatable bonds is 3. The third kappa shape index (κ3) is 3.43. The summed E-state index contributed by atoms with van der Waals surface area (Å²) < 4.78 is 92.3. The third-order valence-corrected chi connectivity index (χ3v) is 4.80. The Morgan fingerprint density at radius 3 is 1.33 bits per heavy atom. The van der Waals surface area contributed by atoms with Gasteiger partial charge in [-0.25, -0.2) is 35.5 Å². The zero-order valence-corrected chi connectivity index (χ0v) is 14.1. The Morgan fingerprint density at radius 1 is 0.593 bits per heavy atom. The topological polar surface area (TPSA) is 60.2 Å². The number of sulfonamides is 1. The van der Waals surface area contributed by atoms with Gasteiger partial charge in [0, 0.05) is 11.1 Å². The summed E-state index contributed by atoms with van der Waals surface area (Å²) in [7, 11) is -4.05. The normalized spacial score (nSPS) is 11.6. The van der Waals surface area contributed by atoms with Gasteiger partial charge in [0.05, 0.1) is 4.90 Å². The SMILES string of the molecule is NS(=O)(=O)c1ccc(-c2c(F)c(F)c(F)c(F)c2-c2ccc(F)cc2)cc1. The van der Waals surface area contributed by atoms with Gasteiger partial charge in [-0.05, 0) is 35.4 Å². The second kappa shape index (κ2) is 6.75. The third-order valence-electron chi connectivity index (χ3n) is 3.87. The van der Waals surface area contributed by atoms with E-state index >= 15 is 0 Å². The van der Waals surface area contributed by atoms with Crippen LogP contribution in [0.15, 0.2) is 53.4 Å². The van der Waals surface area contributed by atoms with Gasteiger partial charge in [0.25, 0.3) is 0 Å². The van der Waals surface area contributed by atoms with Gasteiger partial charge in [0.1, 0.15) is 5.82 Å². The van der Waals surface area contributed by atoms with Crippen LogP contribution in [0.5, 0.6) is 0 Å². The molecule has 3 nitrogen and oxygen atoms in total. The van der Waals surface area contributed by atoms with Crippen molar-refractivity contribution < 1.29 is 30.4 Å². The smallest absolute Gasteiger partial charge is 0.225 e. The maximum absolute atomic E-state index is 14.5. The van der Waals surface area contributed by atoms with E-state index < -0.39 is 50.2 Å². The number of nitrogens with two attached hydrogens (primary N) is 1. The minimum absolute atomic E-state index is 0.0998. The molecule has 0 aliphatic carbocycles. The van der Waals surface area contributed by atoms with E-state index in [2.05, 4.69) is 0 Å². The van der Waals surface area contributed by atoms with Crippen LogP contribution in [0.1, 0.15) is 0 Å². The molecule has 0 saturated heterocycles. The molecule has 0 bridgehead atoms. The molecule has 2 N–H and O–H groups in total. The van der Waals surface area contributed by atoms with Gasteiger partial charge in [-0.2, -0.15) is 0 Å². The van der Waals surface area contributed by atoms with E-state index in [-0.39, 0.29) is 16.0 Å². The van der Waals surface area contributed by atoms with E-state index in [1.54, 1.807) is 0 Å². The first-order valence-electron chi connectivity index (χ1n) is 7.36. The molecule has 0 saturated carbocycles. The Hall–Kier alpha value is -2.78. The molecule has 0 amide bonds. The maximum atomic E-state index is 14.5. The largest absolute Gasteiger partial charge is 0.238 e. The quantitative estimate of drug-likeness (QED) is 0.404. The first kappa shape index (κ1) is 19.0. The van der Waals surface area contributed by atoms with Crippen molar-refractivity contribution in [3.8, 4) is 22.3 Å². The highest BCUT2D eigenvalue weighted by Gasteiger charge is 2.27. The van der Waals surface area contributed by atoms with Crippen LogP contribution >= 0.6 is 0 Å². The minimum atomic E-state index is -4.05. The summed E-state index contributed by atoms with van der Waals surface area (Å²) >= 11 is 0. The van der Waals surface area contributed by atoms with Crippen LogP contribution in [0.25, 0.3) is 22.3 Å². The fraction of sp³-hybridized carbons (Fsp3) is 0. The number of hydrogen-bond donors (Lipinski definition) is 1. The van der Waals surface area contributed by atoms with Gasteiger partial charge in [-0.15, -0.1) is 0 Å². The Labute approximate surface area is 150 Å². The molecule has 9 heteroatoms. The molecule has 3 aromatic carbocycles. The van der Waals surface area contributed by atoms with Crippen molar-refractivity contribution in [2.45, 2.75) is 4.90 Å². The lowest BCUT2D eigenvalue weighted by molar-refractivity contribution is 0.412. The van der Waals surface area contributed by atoms with Gasteiger partial charge in [0.2, 0.25) is 10.0 Å². The van der Waals surface area contributed by atoms with Crippen molar-refractivity contribution in [3.63, 3.8) is 0 Å². The van der Waals surface area contributed by atoms with Gasteiger partial charge in [0.15, 0.2) is 23.3 Å². The molecular weight excluding hydrogens is 389 g/mol. The predicted octanol–water partition coefficient (Wildman–Crippen LogP) is 4.36. The number of benzene rings is 3. The summed E-state index contributed by atoms with van der Waals surface area (Å²) in [4.78, 5) is -0.307. The van der Waals surface area contributed by atoms with Crippen LogP contribution in [0.3, 0.4) is 0 Å². The lowest BCUT2D eigenvalue weighted by Gasteiger charge is -2.14. The van der Waals surface area contributed by atoms with Crippen LogP contribution < -0.4 is 5.14 Å². The van der Waals surface area contributed by atoms with Gasteiger partial charge < -0.3 is 0 Å². The Balaban J connectivity index is 2.33. The van der Waals surface area contributed by atoms with E-state index in [0.29, 0.717) is 0 Å². The summed E-state index contributed by atoms with van der Waals surface area (Å²) in [6, 6.07) is 8.21. The highest BCUT2D eigenvalue weighted by atomic mass is 32.2. The molecule has 0 atom stereocenters. The Bertz CT molecular complexity index is 1130. The second-order valence-corrected chi connectivity index (χ2v) is 7.14. The maximum Gasteiger partial charge on any atom is 0.238 e. The van der Waals surface area contributed by atoms with Gasteiger partial charge >= 0.3 is 0 Å². The molecular formula is C18H10F5NO2S. The molecule has 0 spiro atoms. The Kier molecular flexibility index (Phi) is 4.75. The molecule has 3 rings (SSSR count). The van der Waals surface area contributed by atoms with Crippen LogP contribution in [0.4, 0.5) is 22.0 Å². The van der Waals surface area contributed by atoms with Crippen LogP contribution in [-0.4, -0.2) is 8.42 Å². The molecule has 0 radical (unpaired) electrons. The summed E-state index contributed by atoms with van der Waals surface area (Å²) in [5.41, 5.74) is -1.50.